The number of nitrogens with one attached hydrogen (secondary N) is 2. The van der Waals surface area contributed by atoms with Gasteiger partial charge in [0.1, 0.15) is 0 Å². The second-order valence-electron chi connectivity index (χ2n) is 3.91. The maximum absolute atomic E-state index is 11.3. The van der Waals surface area contributed by atoms with Crippen molar-refractivity contribution in [2.75, 3.05) is 10.6 Å². The molecule has 2 N–H and O–H groups in total. The maximum atomic E-state index is 11.3. The Morgan fingerprint density at radius 1 is 1.16 bits per heavy atom. The first-order chi connectivity index (χ1) is 9.29. The van der Waals surface area contributed by atoms with E-state index in [-0.39, 0.29) is 5.91 Å². The Hall–Kier alpha value is -2.62. The molecule has 96 valence electrons. The molecule has 0 radical (unpaired) electrons. The van der Waals surface area contributed by atoms with E-state index in [1.165, 1.54) is 6.08 Å². The van der Waals surface area contributed by atoms with Crippen LogP contribution in [0.25, 0.3) is 0 Å². The Morgan fingerprint density at radius 2 is 1.89 bits per heavy atom. The van der Waals surface area contributed by atoms with Crippen LogP contribution in [0.2, 0.25) is 0 Å². The average Bonchev–Trinajstić information content (AvgIpc) is 2.47. The molecule has 4 nitrogen and oxygen atoms in total. The van der Waals surface area contributed by atoms with E-state index in [0.717, 1.165) is 17.1 Å². The minimum atomic E-state index is -0.230. The number of anilines is 2. The predicted molar refractivity (Wildman–Crippen MR) is 76.8 cm³/mol. The zero-order valence-corrected chi connectivity index (χ0v) is 10.5. The molecular weight excluding hydrogens is 238 g/mol. The van der Waals surface area contributed by atoms with Crippen LogP contribution >= 0.6 is 0 Å². The highest BCUT2D eigenvalue weighted by atomic mass is 16.1. The molecule has 4 heteroatoms. The molecule has 0 saturated heterocycles. The fourth-order valence-electron chi connectivity index (χ4n) is 1.62. The van der Waals surface area contributed by atoms with Crippen molar-refractivity contribution >= 4 is 17.3 Å². The number of amides is 1. The highest BCUT2D eigenvalue weighted by Crippen LogP contribution is 2.21. The van der Waals surface area contributed by atoms with Gasteiger partial charge in [-0.25, -0.2) is 0 Å². The summed E-state index contributed by atoms with van der Waals surface area (Å²) in [7, 11) is 0. The van der Waals surface area contributed by atoms with E-state index >= 15 is 0 Å². The number of rotatable bonds is 5. The van der Waals surface area contributed by atoms with Gasteiger partial charge in [0.15, 0.2) is 0 Å². The molecule has 1 heterocycles. The Kier molecular flexibility index (Phi) is 4.29. The summed E-state index contributed by atoms with van der Waals surface area (Å²) in [6.07, 6.45) is 3.00. The van der Waals surface area contributed by atoms with Crippen molar-refractivity contribution < 1.29 is 4.79 Å². The number of carbonyl (C=O) groups excluding carboxylic acids is 1. The van der Waals surface area contributed by atoms with Crippen LogP contribution in [0.3, 0.4) is 0 Å². The average molecular weight is 253 g/mol. The van der Waals surface area contributed by atoms with Gasteiger partial charge in [-0.1, -0.05) is 24.8 Å². The van der Waals surface area contributed by atoms with E-state index in [2.05, 4.69) is 22.2 Å². The summed E-state index contributed by atoms with van der Waals surface area (Å²) < 4.78 is 0. The predicted octanol–water partition coefficient (Wildman–Crippen LogP) is 2.82. The van der Waals surface area contributed by atoms with Gasteiger partial charge in [-0.2, -0.15) is 0 Å². The summed E-state index contributed by atoms with van der Waals surface area (Å²) in [5.74, 6) is -0.230. The van der Waals surface area contributed by atoms with Crippen LogP contribution in [-0.4, -0.2) is 10.9 Å². The van der Waals surface area contributed by atoms with E-state index in [0.29, 0.717) is 6.54 Å². The monoisotopic (exact) mass is 253 g/mol. The van der Waals surface area contributed by atoms with E-state index in [4.69, 9.17) is 0 Å². The van der Waals surface area contributed by atoms with Crippen LogP contribution in [0.1, 0.15) is 5.69 Å². The number of aromatic nitrogens is 1. The number of hydrogen-bond donors (Lipinski definition) is 2. The number of benzene rings is 1. The van der Waals surface area contributed by atoms with Crippen molar-refractivity contribution in [2.24, 2.45) is 0 Å². The molecule has 0 atom stereocenters. The second kappa shape index (κ2) is 6.35. The minimum Gasteiger partial charge on any atom is -0.378 e. The molecule has 2 rings (SSSR count). The van der Waals surface area contributed by atoms with Crippen LogP contribution in [0.4, 0.5) is 11.4 Å². The van der Waals surface area contributed by atoms with Crippen LogP contribution in [0.15, 0.2) is 61.3 Å². The summed E-state index contributed by atoms with van der Waals surface area (Å²) in [6, 6.07) is 13.3. The number of carbonyl (C=O) groups is 1. The van der Waals surface area contributed by atoms with Crippen LogP contribution in [0, 0.1) is 0 Å². The summed E-state index contributed by atoms with van der Waals surface area (Å²) in [4.78, 5) is 15.6. The van der Waals surface area contributed by atoms with E-state index in [9.17, 15) is 4.79 Å². The molecule has 1 aromatic carbocycles. The summed E-state index contributed by atoms with van der Waals surface area (Å²) in [6.45, 7) is 4.04. The molecule has 0 aliphatic heterocycles. The van der Waals surface area contributed by atoms with Gasteiger partial charge >= 0.3 is 0 Å². The third kappa shape index (κ3) is 3.67. The van der Waals surface area contributed by atoms with Crippen molar-refractivity contribution in [3.05, 3.63) is 67.0 Å². The molecule has 0 aliphatic carbocycles. The zero-order valence-electron chi connectivity index (χ0n) is 10.5. The van der Waals surface area contributed by atoms with Crippen molar-refractivity contribution in [3.63, 3.8) is 0 Å². The molecule has 1 aromatic heterocycles. The third-order valence-electron chi connectivity index (χ3n) is 2.56. The van der Waals surface area contributed by atoms with Gasteiger partial charge in [0.25, 0.3) is 0 Å². The first-order valence-electron chi connectivity index (χ1n) is 5.96. The second-order valence-corrected chi connectivity index (χ2v) is 3.91. The van der Waals surface area contributed by atoms with E-state index in [1.807, 2.05) is 42.5 Å². The van der Waals surface area contributed by atoms with Gasteiger partial charge in [-0.3, -0.25) is 9.78 Å². The smallest absolute Gasteiger partial charge is 0.247 e. The minimum absolute atomic E-state index is 0.230. The van der Waals surface area contributed by atoms with Crippen molar-refractivity contribution in [1.82, 2.24) is 4.98 Å². The third-order valence-corrected chi connectivity index (χ3v) is 2.56. The SMILES string of the molecule is C=CC(=O)Nc1ccccc1NCc1ccccn1. The number of hydrogen-bond acceptors (Lipinski definition) is 3. The topological polar surface area (TPSA) is 54.0 Å². The molecule has 0 bridgehead atoms. The van der Waals surface area contributed by atoms with E-state index in [1.54, 1.807) is 6.20 Å². The Bertz CT molecular complexity index is 567. The van der Waals surface area contributed by atoms with Crippen molar-refractivity contribution in [3.8, 4) is 0 Å². The molecule has 1 amide bonds. The first kappa shape index (κ1) is 12.8. The zero-order chi connectivity index (χ0) is 13.5. The molecular formula is C15H15N3O. The first-order valence-corrected chi connectivity index (χ1v) is 5.96. The normalized spacial score (nSPS) is 9.68. The Labute approximate surface area is 112 Å². The maximum Gasteiger partial charge on any atom is 0.247 e. The van der Waals surface area contributed by atoms with Crippen LogP contribution in [-0.2, 0) is 11.3 Å². The lowest BCUT2D eigenvalue weighted by Crippen LogP contribution is -2.10. The van der Waals surface area contributed by atoms with Gasteiger partial charge in [-0.15, -0.1) is 0 Å². The summed E-state index contributed by atoms with van der Waals surface area (Å²) >= 11 is 0. The summed E-state index contributed by atoms with van der Waals surface area (Å²) in [5.41, 5.74) is 2.51. The summed E-state index contributed by atoms with van der Waals surface area (Å²) in [5, 5.41) is 6.00. The Morgan fingerprint density at radius 3 is 2.58 bits per heavy atom. The van der Waals surface area contributed by atoms with Crippen LogP contribution < -0.4 is 10.6 Å². The van der Waals surface area contributed by atoms with Gasteiger partial charge in [-0.05, 0) is 30.3 Å². The van der Waals surface area contributed by atoms with Crippen molar-refractivity contribution in [1.29, 1.82) is 0 Å². The van der Waals surface area contributed by atoms with E-state index < -0.39 is 0 Å². The van der Waals surface area contributed by atoms with Crippen molar-refractivity contribution in [2.45, 2.75) is 6.54 Å². The number of nitrogens with zero attached hydrogens (tertiary/aromatic N) is 1. The highest BCUT2D eigenvalue weighted by Gasteiger charge is 2.03. The van der Waals surface area contributed by atoms with Crippen LogP contribution in [0.5, 0.6) is 0 Å². The lowest BCUT2D eigenvalue weighted by atomic mass is 10.2. The molecule has 0 saturated carbocycles. The van der Waals surface area contributed by atoms with Gasteiger partial charge in [0, 0.05) is 6.20 Å². The Balaban J connectivity index is 2.07. The molecule has 0 aliphatic rings. The van der Waals surface area contributed by atoms with Gasteiger partial charge < -0.3 is 10.6 Å². The highest BCUT2D eigenvalue weighted by molar-refractivity contribution is 6.01. The molecule has 0 unspecified atom stereocenters. The van der Waals surface area contributed by atoms with Gasteiger partial charge in [0.2, 0.25) is 5.91 Å². The largest absolute Gasteiger partial charge is 0.378 e. The molecule has 0 spiro atoms. The van der Waals surface area contributed by atoms with Gasteiger partial charge in [0.05, 0.1) is 23.6 Å². The fraction of sp³-hybridized carbons (Fsp3) is 0.0667. The quantitative estimate of drug-likeness (QED) is 0.806. The lowest BCUT2D eigenvalue weighted by molar-refractivity contribution is -0.111. The number of pyridine rings is 1. The molecule has 0 fully saturated rings. The molecule has 19 heavy (non-hydrogen) atoms. The lowest BCUT2D eigenvalue weighted by Gasteiger charge is -2.11. The number of para-hydroxylation sites is 2. The molecule has 2 aromatic rings. The fourth-order valence-corrected chi connectivity index (χ4v) is 1.62. The standard InChI is InChI=1S/C15H15N3O/c1-2-15(19)18-14-9-4-3-8-13(14)17-11-12-7-5-6-10-16-12/h2-10,17H,1,11H2,(H,18,19).